The number of likely N-dealkylation sites (N-methyl/N-ethyl adjacent to an activating group) is 1. The van der Waals surface area contributed by atoms with E-state index in [1.807, 2.05) is 12.2 Å². The van der Waals surface area contributed by atoms with Crippen LogP contribution in [0.3, 0.4) is 0 Å². The van der Waals surface area contributed by atoms with Gasteiger partial charge in [-0.1, -0.05) is 6.08 Å². The maximum absolute atomic E-state index is 9.88. The van der Waals surface area contributed by atoms with E-state index in [-0.39, 0.29) is 12.0 Å². The summed E-state index contributed by atoms with van der Waals surface area (Å²) in [6.07, 6.45) is 8.15. The van der Waals surface area contributed by atoms with Gasteiger partial charge in [0.15, 0.2) is 5.65 Å². The highest BCUT2D eigenvalue weighted by atomic mass is 16.5. The summed E-state index contributed by atoms with van der Waals surface area (Å²) in [5.41, 5.74) is 5.39. The van der Waals surface area contributed by atoms with Gasteiger partial charge in [-0.3, -0.25) is 0 Å². The van der Waals surface area contributed by atoms with Crippen LogP contribution in [0.2, 0.25) is 0 Å². The van der Waals surface area contributed by atoms with Crippen LogP contribution in [0.5, 0.6) is 0 Å². The van der Waals surface area contributed by atoms with E-state index in [9.17, 15) is 5.26 Å². The van der Waals surface area contributed by atoms with Crippen molar-refractivity contribution in [2.24, 2.45) is 5.92 Å². The molecule has 2 aromatic heterocycles. The number of imidazole rings is 1. The first-order chi connectivity index (χ1) is 18.2. The second-order valence-corrected chi connectivity index (χ2v) is 10.1. The average molecular weight is 497 g/mol. The van der Waals surface area contributed by atoms with Gasteiger partial charge >= 0.3 is 0 Å². The molecule has 0 radical (unpaired) electrons. The van der Waals surface area contributed by atoms with Gasteiger partial charge in [-0.15, -0.1) is 0 Å². The fourth-order valence-corrected chi connectivity index (χ4v) is 5.29. The summed E-state index contributed by atoms with van der Waals surface area (Å²) in [6.45, 7) is 6.14. The lowest BCUT2D eigenvalue weighted by atomic mass is 9.91. The van der Waals surface area contributed by atoms with Crippen LogP contribution in [0, 0.1) is 17.2 Å². The summed E-state index contributed by atoms with van der Waals surface area (Å²) in [7, 11) is 2.17. The smallest absolute Gasteiger partial charge is 0.161 e. The Balaban J connectivity index is 1.25. The Morgan fingerprint density at radius 3 is 2.57 bits per heavy atom. The van der Waals surface area contributed by atoms with Crippen molar-refractivity contribution < 1.29 is 4.74 Å². The monoisotopic (exact) mass is 496 g/mol. The highest BCUT2D eigenvalue weighted by Gasteiger charge is 2.27. The molecule has 2 N–H and O–H groups in total. The summed E-state index contributed by atoms with van der Waals surface area (Å²) in [5.74, 6) is 1.19. The molecule has 1 aliphatic carbocycles. The molecule has 1 aromatic carbocycles. The zero-order valence-corrected chi connectivity index (χ0v) is 21.2. The molecule has 0 saturated carbocycles. The summed E-state index contributed by atoms with van der Waals surface area (Å²) in [5, 5.41) is 13.2. The normalized spacial score (nSPS) is 21.4. The first-order valence-corrected chi connectivity index (χ1v) is 13.1. The average Bonchev–Trinajstić information content (AvgIpc) is 3.39. The molecule has 0 amide bonds. The first kappa shape index (κ1) is 23.6. The van der Waals surface area contributed by atoms with Crippen LogP contribution >= 0.6 is 0 Å². The van der Waals surface area contributed by atoms with Crippen molar-refractivity contribution in [1.29, 1.82) is 5.26 Å². The maximum atomic E-state index is 9.88. The van der Waals surface area contributed by atoms with E-state index in [1.54, 1.807) is 6.33 Å². The van der Waals surface area contributed by atoms with Gasteiger partial charge in [-0.2, -0.15) is 5.26 Å². The number of fused-ring (bicyclic) bond motifs is 1. The predicted molar refractivity (Wildman–Crippen MR) is 144 cm³/mol. The number of aromatic amines is 1. The molecule has 1 unspecified atom stereocenters. The lowest BCUT2D eigenvalue weighted by Crippen LogP contribution is -2.44. The number of rotatable bonds is 5. The fraction of sp³-hybridized carbons (Fsp3) is 0.429. The number of H-pyrrole nitrogens is 1. The quantitative estimate of drug-likeness (QED) is 0.554. The Bertz CT molecular complexity index is 1360. The third kappa shape index (κ3) is 4.95. The summed E-state index contributed by atoms with van der Waals surface area (Å²) in [6, 6.07) is 11.0. The Labute approximate surface area is 216 Å². The maximum Gasteiger partial charge on any atom is 0.161 e. The second-order valence-electron chi connectivity index (χ2n) is 10.1. The number of nitrogens with zero attached hydrogens (tertiary/aromatic N) is 6. The van der Waals surface area contributed by atoms with E-state index in [1.165, 1.54) is 5.69 Å². The number of nitrogens with one attached hydrogen (secondary N) is 2. The minimum Gasteiger partial charge on any atom is -0.493 e. The van der Waals surface area contributed by atoms with Crippen molar-refractivity contribution in [3.63, 3.8) is 0 Å². The Morgan fingerprint density at radius 1 is 1.03 bits per heavy atom. The SMILES string of the molecule is CN1CCN(c2ccc(-c3nc4c(C5=CC=C(OC6CCNCC6)C(C#N)C5)ncnc4[nH]3)cc2)CC1. The molecule has 1 atom stereocenters. The van der Waals surface area contributed by atoms with Gasteiger partial charge in [0.05, 0.1) is 11.8 Å². The van der Waals surface area contributed by atoms with Crippen LogP contribution in [-0.4, -0.2) is 77.3 Å². The number of allylic oxidation sites excluding steroid dienone is 4. The van der Waals surface area contributed by atoms with E-state index in [4.69, 9.17) is 9.72 Å². The Morgan fingerprint density at radius 2 is 1.81 bits per heavy atom. The van der Waals surface area contributed by atoms with Crippen LogP contribution in [0.4, 0.5) is 5.69 Å². The van der Waals surface area contributed by atoms with Gasteiger partial charge in [0.1, 0.15) is 35.4 Å². The van der Waals surface area contributed by atoms with Gasteiger partial charge < -0.3 is 24.8 Å². The zero-order valence-electron chi connectivity index (χ0n) is 21.2. The van der Waals surface area contributed by atoms with E-state index < -0.39 is 0 Å². The van der Waals surface area contributed by atoms with Gasteiger partial charge in [0.25, 0.3) is 0 Å². The lowest BCUT2D eigenvalue weighted by Gasteiger charge is -2.34. The fourth-order valence-electron chi connectivity index (χ4n) is 5.29. The Hall–Kier alpha value is -3.74. The number of nitriles is 1. The minimum atomic E-state index is -0.333. The van der Waals surface area contributed by atoms with Gasteiger partial charge in [0, 0.05) is 37.4 Å². The molecule has 3 aromatic rings. The number of ether oxygens (including phenoxy) is 1. The van der Waals surface area contributed by atoms with Crippen molar-refractivity contribution in [1.82, 2.24) is 30.2 Å². The van der Waals surface area contributed by atoms with Crippen LogP contribution in [-0.2, 0) is 4.74 Å². The summed E-state index contributed by atoms with van der Waals surface area (Å²) < 4.78 is 6.22. The van der Waals surface area contributed by atoms with E-state index in [2.05, 4.69) is 67.5 Å². The molecule has 0 spiro atoms. The molecule has 190 valence electrons. The Kier molecular flexibility index (Phi) is 6.60. The number of piperazine rings is 1. The van der Waals surface area contributed by atoms with E-state index in [0.29, 0.717) is 12.1 Å². The molecule has 37 heavy (non-hydrogen) atoms. The molecule has 4 heterocycles. The third-order valence-electron chi connectivity index (χ3n) is 7.56. The molecule has 2 saturated heterocycles. The van der Waals surface area contributed by atoms with Crippen molar-refractivity contribution in [3.8, 4) is 17.5 Å². The number of anilines is 1. The molecule has 2 fully saturated rings. The highest BCUT2D eigenvalue weighted by molar-refractivity contribution is 5.87. The van der Waals surface area contributed by atoms with Crippen molar-refractivity contribution in [2.45, 2.75) is 25.4 Å². The molecule has 9 heteroatoms. The molecular formula is C28H32N8O. The number of hydrogen-bond acceptors (Lipinski definition) is 8. The predicted octanol–water partition coefficient (Wildman–Crippen LogP) is 3.35. The molecular weight excluding hydrogens is 464 g/mol. The van der Waals surface area contributed by atoms with Crippen LogP contribution in [0.15, 0.2) is 48.5 Å². The zero-order chi connectivity index (χ0) is 25.2. The molecule has 6 rings (SSSR count). The lowest BCUT2D eigenvalue weighted by molar-refractivity contribution is 0.0749. The molecule has 9 nitrogen and oxygen atoms in total. The molecule has 3 aliphatic rings. The number of hydrogen-bond donors (Lipinski definition) is 2. The van der Waals surface area contributed by atoms with Crippen LogP contribution in [0.1, 0.15) is 25.0 Å². The highest BCUT2D eigenvalue weighted by Crippen LogP contribution is 2.35. The first-order valence-electron chi connectivity index (χ1n) is 13.1. The number of piperidine rings is 1. The largest absolute Gasteiger partial charge is 0.493 e. The number of benzene rings is 1. The van der Waals surface area contributed by atoms with E-state index >= 15 is 0 Å². The van der Waals surface area contributed by atoms with Gasteiger partial charge in [0.2, 0.25) is 0 Å². The van der Waals surface area contributed by atoms with Gasteiger partial charge in [-0.25, -0.2) is 15.0 Å². The van der Waals surface area contributed by atoms with Gasteiger partial charge in [-0.05, 0) is 75.3 Å². The minimum absolute atomic E-state index is 0.167. The van der Waals surface area contributed by atoms with Crippen LogP contribution in [0.25, 0.3) is 28.1 Å². The summed E-state index contributed by atoms with van der Waals surface area (Å²) >= 11 is 0. The van der Waals surface area contributed by atoms with Crippen molar-refractivity contribution in [2.75, 3.05) is 51.2 Å². The second kappa shape index (κ2) is 10.3. The topological polar surface area (TPSA) is 106 Å². The third-order valence-corrected chi connectivity index (χ3v) is 7.56. The standard InChI is InChI=1S/C28H32N8O/c1-35-12-14-36(15-13-35)22-5-2-19(3-6-22)27-33-26-25(31-18-32-28(26)34-27)20-4-7-24(21(16-20)17-29)37-23-8-10-30-11-9-23/h2-7,18,21,23,30H,8-16H2,1H3,(H,31,32,33,34). The van der Waals surface area contributed by atoms with Crippen molar-refractivity contribution >= 4 is 22.4 Å². The summed E-state index contributed by atoms with van der Waals surface area (Å²) in [4.78, 5) is 22.0. The number of aromatic nitrogens is 4. The van der Waals surface area contributed by atoms with Crippen molar-refractivity contribution in [3.05, 3.63) is 54.2 Å². The van der Waals surface area contributed by atoms with Crippen LogP contribution < -0.4 is 10.2 Å². The van der Waals surface area contributed by atoms with E-state index in [0.717, 1.165) is 86.0 Å². The molecule has 2 aliphatic heterocycles. The molecule has 0 bridgehead atoms.